The number of hydrogen-bond acceptors (Lipinski definition) is 7. The van der Waals surface area contributed by atoms with Crippen LogP contribution in [0.1, 0.15) is 30.9 Å². The monoisotopic (exact) mass is 445 g/mol. The van der Waals surface area contributed by atoms with Crippen molar-refractivity contribution in [3.8, 4) is 34.5 Å². The second-order valence-electron chi connectivity index (χ2n) is 7.92. The van der Waals surface area contributed by atoms with Gasteiger partial charge in [0.15, 0.2) is 22.8 Å². The minimum atomic E-state index is 0.473. The highest BCUT2D eigenvalue weighted by molar-refractivity contribution is 5.69. The van der Waals surface area contributed by atoms with Gasteiger partial charge in [0.25, 0.3) is 0 Å². The summed E-state index contributed by atoms with van der Waals surface area (Å²) >= 11 is 0. The van der Waals surface area contributed by atoms with Crippen LogP contribution in [0.25, 0.3) is 16.9 Å². The Balaban J connectivity index is 1.63. The zero-order valence-electron chi connectivity index (χ0n) is 19.5. The van der Waals surface area contributed by atoms with Crippen LogP contribution >= 0.6 is 0 Å². The zero-order valence-corrected chi connectivity index (χ0v) is 19.5. The Morgan fingerprint density at radius 1 is 1.03 bits per heavy atom. The van der Waals surface area contributed by atoms with Gasteiger partial charge in [-0.15, -0.1) is 5.10 Å². The molecule has 33 heavy (non-hydrogen) atoms. The van der Waals surface area contributed by atoms with Crippen molar-refractivity contribution in [1.82, 2.24) is 19.6 Å². The molecule has 8 heteroatoms. The van der Waals surface area contributed by atoms with Gasteiger partial charge >= 0.3 is 0 Å². The molecule has 0 N–H and O–H groups in total. The first-order chi connectivity index (χ1) is 16.1. The maximum Gasteiger partial charge on any atom is 0.249 e. The number of hydrogen-bond donors (Lipinski definition) is 0. The number of fused-ring (bicyclic) bond motifs is 2. The molecule has 0 fully saturated rings. The molecule has 1 aliphatic heterocycles. The first-order valence-electron chi connectivity index (χ1n) is 11.1. The summed E-state index contributed by atoms with van der Waals surface area (Å²) in [6.07, 6.45) is 0.558. The van der Waals surface area contributed by atoms with E-state index in [-0.39, 0.29) is 0 Å². The standard InChI is InChI=1S/C25H27N5O3/c1-6-29(7-2)18-10-8-16(9-11-18)24-27-25-22-20(26-15(3)30(22)28-24)13-17-12-19(33-25)14-21(31-4)23(17)32-5/h8-12,14H,6-7,13H2,1-5H3. The Hall–Kier alpha value is -3.81. The lowest BCUT2D eigenvalue weighted by atomic mass is 10.1. The fourth-order valence-corrected chi connectivity index (χ4v) is 4.41. The molecule has 5 rings (SSSR count). The molecule has 0 saturated heterocycles. The molecule has 0 amide bonds. The molecule has 3 heterocycles. The molecule has 0 radical (unpaired) electrons. The molecule has 170 valence electrons. The summed E-state index contributed by atoms with van der Waals surface area (Å²) in [5, 5.41) is 4.80. The van der Waals surface area contributed by atoms with Gasteiger partial charge in [0.2, 0.25) is 5.88 Å². The largest absolute Gasteiger partial charge is 0.493 e. The highest BCUT2D eigenvalue weighted by Gasteiger charge is 2.25. The lowest BCUT2D eigenvalue weighted by Gasteiger charge is -2.21. The third-order valence-electron chi connectivity index (χ3n) is 6.05. The normalized spacial score (nSPS) is 12.2. The van der Waals surface area contributed by atoms with Crippen LogP contribution < -0.4 is 19.1 Å². The van der Waals surface area contributed by atoms with Crippen molar-refractivity contribution >= 4 is 11.2 Å². The summed E-state index contributed by atoms with van der Waals surface area (Å²) in [6.45, 7) is 8.16. The fraction of sp³-hybridized carbons (Fsp3) is 0.320. The Bertz CT molecular complexity index is 1330. The van der Waals surface area contributed by atoms with Crippen LogP contribution in [0, 0.1) is 6.92 Å². The Labute approximate surface area is 192 Å². The Kier molecular flexibility index (Phi) is 5.28. The van der Waals surface area contributed by atoms with E-state index in [1.807, 2.05) is 35.7 Å². The minimum Gasteiger partial charge on any atom is -0.493 e. The molecule has 2 bridgehead atoms. The smallest absolute Gasteiger partial charge is 0.249 e. The van der Waals surface area contributed by atoms with Crippen molar-refractivity contribution in [3.63, 3.8) is 0 Å². The van der Waals surface area contributed by atoms with Crippen LogP contribution in [0.5, 0.6) is 23.1 Å². The van der Waals surface area contributed by atoms with E-state index in [0.717, 1.165) is 41.3 Å². The summed E-state index contributed by atoms with van der Waals surface area (Å²) in [5.41, 5.74) is 4.63. The van der Waals surface area contributed by atoms with E-state index in [1.165, 1.54) is 5.69 Å². The van der Waals surface area contributed by atoms with Crippen LogP contribution in [-0.4, -0.2) is 46.9 Å². The number of aryl methyl sites for hydroxylation is 1. The van der Waals surface area contributed by atoms with Gasteiger partial charge in [-0.05, 0) is 51.1 Å². The fourth-order valence-electron chi connectivity index (χ4n) is 4.41. The summed E-state index contributed by atoms with van der Waals surface area (Å²) in [6, 6.07) is 12.1. The van der Waals surface area contributed by atoms with Gasteiger partial charge in [0.1, 0.15) is 11.6 Å². The van der Waals surface area contributed by atoms with E-state index in [1.54, 1.807) is 14.2 Å². The number of anilines is 1. The summed E-state index contributed by atoms with van der Waals surface area (Å²) in [4.78, 5) is 11.9. The van der Waals surface area contributed by atoms with Gasteiger partial charge in [0.05, 0.1) is 19.9 Å². The van der Waals surface area contributed by atoms with Crippen molar-refractivity contribution in [3.05, 3.63) is 53.5 Å². The average Bonchev–Trinajstić information content (AvgIpc) is 3.14. The molecule has 0 unspecified atom stereocenters. The van der Waals surface area contributed by atoms with E-state index in [9.17, 15) is 0 Å². The first kappa shape index (κ1) is 21.1. The molecule has 0 saturated carbocycles. The van der Waals surface area contributed by atoms with E-state index < -0.39 is 0 Å². The number of benzene rings is 2. The second-order valence-corrected chi connectivity index (χ2v) is 7.92. The summed E-state index contributed by atoms with van der Waals surface area (Å²) in [5.74, 6) is 3.75. The average molecular weight is 446 g/mol. The summed E-state index contributed by atoms with van der Waals surface area (Å²) in [7, 11) is 3.25. The van der Waals surface area contributed by atoms with Crippen molar-refractivity contribution in [2.24, 2.45) is 0 Å². The SMILES string of the molecule is CCN(CC)c1ccc(-c2nc3c4c(nc(C)n4n2)Cc2cc(cc(OC)c2OC)O3)cc1. The highest BCUT2D eigenvalue weighted by atomic mass is 16.5. The topological polar surface area (TPSA) is 74.0 Å². The van der Waals surface area contributed by atoms with Crippen molar-refractivity contribution in [1.29, 1.82) is 0 Å². The highest BCUT2D eigenvalue weighted by Crippen LogP contribution is 2.41. The molecule has 0 spiro atoms. The van der Waals surface area contributed by atoms with Gasteiger partial charge < -0.3 is 19.1 Å². The van der Waals surface area contributed by atoms with Crippen LogP contribution in [-0.2, 0) is 6.42 Å². The summed E-state index contributed by atoms with van der Waals surface area (Å²) < 4.78 is 19.2. The lowest BCUT2D eigenvalue weighted by molar-refractivity contribution is 0.348. The molecule has 1 aliphatic rings. The molecule has 2 aromatic heterocycles. The Morgan fingerprint density at radius 3 is 2.45 bits per heavy atom. The molecule has 8 nitrogen and oxygen atoms in total. The number of aromatic nitrogens is 4. The molecule has 0 aliphatic carbocycles. The van der Waals surface area contributed by atoms with E-state index in [2.05, 4.69) is 30.9 Å². The quantitative estimate of drug-likeness (QED) is 0.376. The minimum absolute atomic E-state index is 0.473. The van der Waals surface area contributed by atoms with Crippen LogP contribution in [0.4, 0.5) is 5.69 Å². The van der Waals surface area contributed by atoms with Crippen molar-refractivity contribution in [2.45, 2.75) is 27.2 Å². The van der Waals surface area contributed by atoms with Gasteiger partial charge in [-0.25, -0.2) is 9.50 Å². The van der Waals surface area contributed by atoms with E-state index in [4.69, 9.17) is 29.3 Å². The number of rotatable bonds is 6. The number of methoxy groups -OCH3 is 2. The van der Waals surface area contributed by atoms with Crippen molar-refractivity contribution < 1.29 is 14.2 Å². The van der Waals surface area contributed by atoms with Crippen LogP contribution in [0.2, 0.25) is 0 Å². The molecule has 4 aromatic rings. The molecule has 0 atom stereocenters. The van der Waals surface area contributed by atoms with Gasteiger partial charge in [-0.1, -0.05) is 0 Å². The van der Waals surface area contributed by atoms with Crippen molar-refractivity contribution in [2.75, 3.05) is 32.2 Å². The third kappa shape index (κ3) is 3.51. The maximum absolute atomic E-state index is 6.27. The number of ether oxygens (including phenoxy) is 3. The maximum atomic E-state index is 6.27. The number of imidazole rings is 1. The predicted octanol–water partition coefficient (Wildman–Crippen LogP) is 4.66. The Morgan fingerprint density at radius 2 is 1.79 bits per heavy atom. The van der Waals surface area contributed by atoms with Crippen LogP contribution in [0.15, 0.2) is 36.4 Å². The third-order valence-corrected chi connectivity index (χ3v) is 6.05. The van der Waals surface area contributed by atoms with E-state index >= 15 is 0 Å². The molecular formula is C25H27N5O3. The van der Waals surface area contributed by atoms with Crippen LogP contribution in [0.3, 0.4) is 0 Å². The van der Waals surface area contributed by atoms with Gasteiger partial charge in [0, 0.05) is 42.4 Å². The van der Waals surface area contributed by atoms with E-state index in [0.29, 0.717) is 35.4 Å². The van der Waals surface area contributed by atoms with Gasteiger partial charge in [-0.2, -0.15) is 4.98 Å². The molecular weight excluding hydrogens is 418 g/mol. The second kappa shape index (κ2) is 8.27. The zero-order chi connectivity index (χ0) is 23.1. The predicted molar refractivity (Wildman–Crippen MR) is 127 cm³/mol. The van der Waals surface area contributed by atoms with Gasteiger partial charge in [-0.3, -0.25) is 0 Å². The molecule has 2 aromatic carbocycles. The lowest BCUT2D eigenvalue weighted by Crippen LogP contribution is -2.21. The number of nitrogens with zero attached hydrogens (tertiary/aromatic N) is 5. The first-order valence-corrected chi connectivity index (χ1v) is 11.1.